The Hall–Kier alpha value is -2.70. The van der Waals surface area contributed by atoms with E-state index in [1.54, 1.807) is 15.6 Å². The fraction of sp³-hybridized carbons (Fsp3) is 0.286. The molecule has 0 fully saturated rings. The van der Waals surface area contributed by atoms with Crippen molar-refractivity contribution in [3.8, 4) is 22.6 Å². The van der Waals surface area contributed by atoms with Gasteiger partial charge < -0.3 is 5.32 Å². The summed E-state index contributed by atoms with van der Waals surface area (Å²) in [5.41, 5.74) is 3.63. The van der Waals surface area contributed by atoms with E-state index in [2.05, 4.69) is 25.5 Å². The van der Waals surface area contributed by atoms with Gasteiger partial charge in [-0.15, -0.1) is 0 Å². The number of anilines is 1. The highest BCUT2D eigenvalue weighted by Crippen LogP contribution is 2.25. The number of rotatable bonds is 3. The molecule has 3 aromatic heterocycles. The largest absolute Gasteiger partial charge is 0.373 e. The summed E-state index contributed by atoms with van der Waals surface area (Å²) in [5.74, 6) is 1.42. The van der Waals surface area contributed by atoms with Crippen LogP contribution in [0.15, 0.2) is 24.7 Å². The van der Waals surface area contributed by atoms with Gasteiger partial charge in [-0.3, -0.25) is 9.36 Å². The van der Waals surface area contributed by atoms with E-state index in [1.807, 2.05) is 46.5 Å². The second kappa shape index (κ2) is 5.01. The van der Waals surface area contributed by atoms with Crippen molar-refractivity contribution in [3.63, 3.8) is 0 Å². The number of nitrogens with zero attached hydrogens (tertiary/aromatic N) is 6. The van der Waals surface area contributed by atoms with Crippen LogP contribution in [0.5, 0.6) is 0 Å². The van der Waals surface area contributed by atoms with Crippen molar-refractivity contribution in [2.75, 3.05) is 12.4 Å². The van der Waals surface area contributed by atoms with Crippen LogP contribution in [-0.4, -0.2) is 36.6 Å². The van der Waals surface area contributed by atoms with Gasteiger partial charge in [-0.25, -0.2) is 9.97 Å². The molecule has 0 spiro atoms. The molecule has 0 aliphatic heterocycles. The average Bonchev–Trinajstić information content (AvgIpc) is 3.04. The summed E-state index contributed by atoms with van der Waals surface area (Å²) in [4.78, 5) is 9.18. The Morgan fingerprint density at radius 3 is 2.48 bits per heavy atom. The molecule has 0 unspecified atom stereocenters. The molecule has 0 aliphatic rings. The molecule has 0 bridgehead atoms. The first kappa shape index (κ1) is 13.3. The fourth-order valence-electron chi connectivity index (χ4n) is 2.22. The quantitative estimate of drug-likeness (QED) is 0.791. The predicted molar refractivity (Wildman–Crippen MR) is 80.7 cm³/mol. The van der Waals surface area contributed by atoms with E-state index in [9.17, 15) is 0 Å². The number of aryl methyl sites for hydroxylation is 3. The Kier molecular flexibility index (Phi) is 3.17. The van der Waals surface area contributed by atoms with E-state index in [0.29, 0.717) is 5.82 Å². The number of hydrogen-bond acceptors (Lipinski definition) is 5. The van der Waals surface area contributed by atoms with Crippen molar-refractivity contribution in [2.24, 2.45) is 14.1 Å². The third-order valence-electron chi connectivity index (χ3n) is 3.24. The van der Waals surface area contributed by atoms with E-state index in [4.69, 9.17) is 0 Å². The Morgan fingerprint density at radius 1 is 1.10 bits per heavy atom. The number of nitrogens with one attached hydrogen (secondary N) is 1. The SMILES string of the molecule is CNc1cc(-c2cnn(C)c2)nc(-c2cn(C)nc2C)n1. The highest BCUT2D eigenvalue weighted by molar-refractivity contribution is 5.67. The third-order valence-corrected chi connectivity index (χ3v) is 3.24. The van der Waals surface area contributed by atoms with Gasteiger partial charge in [-0.05, 0) is 6.92 Å². The average molecular weight is 283 g/mol. The molecule has 0 saturated heterocycles. The lowest BCUT2D eigenvalue weighted by atomic mass is 10.2. The van der Waals surface area contributed by atoms with Crippen molar-refractivity contribution in [3.05, 3.63) is 30.4 Å². The lowest BCUT2D eigenvalue weighted by molar-refractivity contribution is 0.756. The fourth-order valence-corrected chi connectivity index (χ4v) is 2.22. The van der Waals surface area contributed by atoms with Gasteiger partial charge >= 0.3 is 0 Å². The van der Waals surface area contributed by atoms with Gasteiger partial charge in [0, 0.05) is 45.2 Å². The summed E-state index contributed by atoms with van der Waals surface area (Å²) in [6.45, 7) is 1.95. The number of aromatic nitrogens is 6. The highest BCUT2D eigenvalue weighted by atomic mass is 15.3. The molecular formula is C14H17N7. The van der Waals surface area contributed by atoms with Crippen molar-refractivity contribution in [1.29, 1.82) is 0 Å². The molecule has 0 aliphatic carbocycles. The second-order valence-corrected chi connectivity index (χ2v) is 4.92. The van der Waals surface area contributed by atoms with Crippen LogP contribution >= 0.6 is 0 Å². The van der Waals surface area contributed by atoms with E-state index in [-0.39, 0.29) is 0 Å². The molecule has 7 heteroatoms. The highest BCUT2D eigenvalue weighted by Gasteiger charge is 2.13. The van der Waals surface area contributed by atoms with Crippen LogP contribution < -0.4 is 5.32 Å². The van der Waals surface area contributed by atoms with Crippen LogP contribution in [0.4, 0.5) is 5.82 Å². The molecule has 7 nitrogen and oxygen atoms in total. The molecule has 0 radical (unpaired) electrons. The maximum atomic E-state index is 4.65. The first-order chi connectivity index (χ1) is 10.1. The zero-order valence-electron chi connectivity index (χ0n) is 12.5. The van der Waals surface area contributed by atoms with E-state index < -0.39 is 0 Å². The molecule has 0 aromatic carbocycles. The first-order valence-electron chi connectivity index (χ1n) is 6.63. The van der Waals surface area contributed by atoms with Gasteiger partial charge in [0.1, 0.15) is 5.82 Å². The van der Waals surface area contributed by atoms with Crippen LogP contribution in [0.2, 0.25) is 0 Å². The summed E-state index contributed by atoms with van der Waals surface area (Å²) < 4.78 is 3.52. The standard InChI is InChI=1S/C14H17N7/c1-9-11(8-21(4)19-9)14-17-12(5-13(15-2)18-14)10-6-16-20(3)7-10/h5-8H,1-4H3,(H,15,17,18). The van der Waals surface area contributed by atoms with E-state index in [1.165, 1.54) is 0 Å². The minimum absolute atomic E-state index is 0.659. The van der Waals surface area contributed by atoms with Crippen LogP contribution in [0.3, 0.4) is 0 Å². The molecule has 0 amide bonds. The van der Waals surface area contributed by atoms with Crippen LogP contribution in [0.25, 0.3) is 22.6 Å². The zero-order chi connectivity index (χ0) is 15.0. The maximum Gasteiger partial charge on any atom is 0.165 e. The number of hydrogen-bond donors (Lipinski definition) is 1. The molecule has 0 atom stereocenters. The molecule has 3 rings (SSSR count). The normalized spacial score (nSPS) is 10.9. The second-order valence-electron chi connectivity index (χ2n) is 4.92. The zero-order valence-corrected chi connectivity index (χ0v) is 12.5. The lowest BCUT2D eigenvalue weighted by Crippen LogP contribution is -1.98. The van der Waals surface area contributed by atoms with Crippen molar-refractivity contribution in [2.45, 2.75) is 6.92 Å². The summed E-state index contributed by atoms with van der Waals surface area (Å²) in [7, 11) is 5.62. The topological polar surface area (TPSA) is 73.5 Å². The molecule has 3 heterocycles. The Balaban J connectivity index is 2.15. The smallest absolute Gasteiger partial charge is 0.165 e. The summed E-state index contributed by atoms with van der Waals surface area (Å²) in [6.07, 6.45) is 5.65. The summed E-state index contributed by atoms with van der Waals surface area (Å²) in [6, 6.07) is 1.91. The molecular weight excluding hydrogens is 266 g/mol. The van der Waals surface area contributed by atoms with Crippen molar-refractivity contribution in [1.82, 2.24) is 29.5 Å². The van der Waals surface area contributed by atoms with Gasteiger partial charge in [-0.2, -0.15) is 10.2 Å². The van der Waals surface area contributed by atoms with E-state index >= 15 is 0 Å². The minimum atomic E-state index is 0.659. The minimum Gasteiger partial charge on any atom is -0.373 e. The molecule has 21 heavy (non-hydrogen) atoms. The van der Waals surface area contributed by atoms with Gasteiger partial charge in [-0.1, -0.05) is 0 Å². The van der Waals surface area contributed by atoms with Gasteiger partial charge in [0.2, 0.25) is 0 Å². The Morgan fingerprint density at radius 2 is 1.90 bits per heavy atom. The summed E-state index contributed by atoms with van der Waals surface area (Å²) >= 11 is 0. The Bertz CT molecular complexity index is 784. The lowest BCUT2D eigenvalue weighted by Gasteiger charge is -2.06. The first-order valence-corrected chi connectivity index (χ1v) is 6.63. The van der Waals surface area contributed by atoms with Gasteiger partial charge in [0.25, 0.3) is 0 Å². The predicted octanol–water partition coefficient (Wildman–Crippen LogP) is 1.63. The molecule has 0 saturated carbocycles. The van der Waals surface area contributed by atoms with E-state index in [0.717, 1.165) is 28.3 Å². The Labute approximate surface area is 122 Å². The van der Waals surface area contributed by atoms with Crippen LogP contribution in [-0.2, 0) is 14.1 Å². The maximum absolute atomic E-state index is 4.65. The van der Waals surface area contributed by atoms with Crippen molar-refractivity contribution < 1.29 is 0 Å². The monoisotopic (exact) mass is 283 g/mol. The van der Waals surface area contributed by atoms with Crippen LogP contribution in [0, 0.1) is 6.92 Å². The molecule has 3 aromatic rings. The molecule has 1 N–H and O–H groups in total. The molecule has 108 valence electrons. The van der Waals surface area contributed by atoms with Crippen molar-refractivity contribution >= 4 is 5.82 Å². The van der Waals surface area contributed by atoms with Gasteiger partial charge in [0.05, 0.1) is 23.1 Å². The summed E-state index contributed by atoms with van der Waals surface area (Å²) in [5, 5.41) is 11.6. The van der Waals surface area contributed by atoms with Gasteiger partial charge in [0.15, 0.2) is 5.82 Å². The van der Waals surface area contributed by atoms with Crippen LogP contribution in [0.1, 0.15) is 5.69 Å². The third kappa shape index (κ3) is 2.49.